The number of amides is 2. The van der Waals surface area contributed by atoms with Crippen LogP contribution < -0.4 is 10.6 Å². The van der Waals surface area contributed by atoms with Crippen LogP contribution in [0.5, 0.6) is 0 Å². The average Bonchev–Trinajstić information content (AvgIpc) is 2.55. The lowest BCUT2D eigenvalue weighted by molar-refractivity contribution is -0.167. The summed E-state index contributed by atoms with van der Waals surface area (Å²) in [6.07, 6.45) is -5.14. The molecule has 0 aliphatic heterocycles. The van der Waals surface area contributed by atoms with Gasteiger partial charge in [0.15, 0.2) is 0 Å². The number of rotatable bonds is 5. The van der Waals surface area contributed by atoms with Gasteiger partial charge >= 0.3 is 12.1 Å². The molecule has 8 heteroatoms. The second-order valence-corrected chi connectivity index (χ2v) is 5.20. The summed E-state index contributed by atoms with van der Waals surface area (Å²) < 4.78 is 50.2. The molecule has 2 aromatic carbocycles. The Bertz CT molecular complexity index is 775. The van der Waals surface area contributed by atoms with Crippen molar-refractivity contribution in [1.82, 2.24) is 5.32 Å². The van der Waals surface area contributed by atoms with Gasteiger partial charge in [-0.2, -0.15) is 13.2 Å². The van der Waals surface area contributed by atoms with E-state index in [-0.39, 0.29) is 24.2 Å². The lowest BCUT2D eigenvalue weighted by Crippen LogP contribution is -2.30. The smallest absolute Gasteiger partial charge is 0.352 e. The lowest BCUT2D eigenvalue weighted by atomic mass is 10.1. The fourth-order valence-electron chi connectivity index (χ4n) is 2.04. The third-order valence-corrected chi connectivity index (χ3v) is 3.24. The minimum atomic E-state index is -4.98. The Labute approximate surface area is 140 Å². The standard InChI is InChI=1S/C17H14F4N2O2/c18-14-7-2-1-5-12(14)9-15(24)22-10-11-4-3-6-13(8-11)23-16(25)17(19,20)21/h1-8H,9-10H2,(H,22,24)(H,23,25). The predicted octanol–water partition coefficient (Wildman–Crippen LogP) is 3.19. The highest BCUT2D eigenvalue weighted by atomic mass is 19.4. The highest BCUT2D eigenvalue weighted by Gasteiger charge is 2.38. The maximum atomic E-state index is 13.5. The molecule has 0 aliphatic carbocycles. The van der Waals surface area contributed by atoms with Gasteiger partial charge in [-0.05, 0) is 29.3 Å². The molecule has 0 spiro atoms. The predicted molar refractivity (Wildman–Crippen MR) is 83.1 cm³/mol. The summed E-state index contributed by atoms with van der Waals surface area (Å²) in [5.74, 6) is -3.00. The molecule has 25 heavy (non-hydrogen) atoms. The van der Waals surface area contributed by atoms with Crippen molar-refractivity contribution in [3.05, 3.63) is 65.5 Å². The molecule has 0 saturated heterocycles. The number of nitrogens with one attached hydrogen (secondary N) is 2. The fraction of sp³-hybridized carbons (Fsp3) is 0.176. The molecule has 2 amide bonds. The minimum absolute atomic E-state index is 0.0308. The number of carbonyl (C=O) groups is 2. The van der Waals surface area contributed by atoms with E-state index in [4.69, 9.17) is 0 Å². The number of hydrogen-bond acceptors (Lipinski definition) is 2. The molecule has 132 valence electrons. The molecule has 0 fully saturated rings. The van der Waals surface area contributed by atoms with Crippen molar-refractivity contribution in [2.24, 2.45) is 0 Å². The summed E-state index contributed by atoms with van der Waals surface area (Å²) in [5.41, 5.74) is 0.691. The molecule has 0 bridgehead atoms. The van der Waals surface area contributed by atoms with Crippen LogP contribution in [0.4, 0.5) is 23.2 Å². The van der Waals surface area contributed by atoms with E-state index in [2.05, 4.69) is 5.32 Å². The van der Waals surface area contributed by atoms with Gasteiger partial charge in [-0.1, -0.05) is 30.3 Å². The van der Waals surface area contributed by atoms with Crippen LogP contribution in [0, 0.1) is 5.82 Å². The Balaban J connectivity index is 1.93. The van der Waals surface area contributed by atoms with Crippen LogP contribution in [0.15, 0.2) is 48.5 Å². The summed E-state index contributed by atoms with van der Waals surface area (Å²) in [6.45, 7) is 0.0308. The molecule has 2 rings (SSSR count). The SMILES string of the molecule is O=C(Cc1ccccc1F)NCc1cccc(NC(=O)C(F)(F)F)c1. The number of carbonyl (C=O) groups excluding carboxylic acids is 2. The number of hydrogen-bond donors (Lipinski definition) is 2. The normalized spacial score (nSPS) is 11.0. The highest BCUT2D eigenvalue weighted by Crippen LogP contribution is 2.19. The van der Waals surface area contributed by atoms with Crippen molar-refractivity contribution >= 4 is 17.5 Å². The molecule has 4 nitrogen and oxygen atoms in total. The van der Waals surface area contributed by atoms with E-state index in [9.17, 15) is 27.2 Å². The van der Waals surface area contributed by atoms with E-state index in [0.29, 0.717) is 5.56 Å². The van der Waals surface area contributed by atoms with Gasteiger partial charge in [0.1, 0.15) is 5.82 Å². The largest absolute Gasteiger partial charge is 0.471 e. The Morgan fingerprint density at radius 3 is 2.40 bits per heavy atom. The molecule has 0 heterocycles. The maximum absolute atomic E-state index is 13.5. The van der Waals surface area contributed by atoms with Crippen molar-refractivity contribution in [1.29, 1.82) is 0 Å². The zero-order valence-electron chi connectivity index (χ0n) is 12.9. The number of alkyl halides is 3. The van der Waals surface area contributed by atoms with E-state index in [1.165, 1.54) is 36.4 Å². The Morgan fingerprint density at radius 2 is 1.72 bits per heavy atom. The van der Waals surface area contributed by atoms with Crippen LogP contribution in [0.25, 0.3) is 0 Å². The van der Waals surface area contributed by atoms with Gasteiger partial charge in [0, 0.05) is 12.2 Å². The van der Waals surface area contributed by atoms with Crippen molar-refractivity contribution in [2.75, 3.05) is 5.32 Å². The van der Waals surface area contributed by atoms with Crippen LogP contribution in [0.2, 0.25) is 0 Å². The summed E-state index contributed by atoms with van der Waals surface area (Å²) in [6, 6.07) is 11.5. The van der Waals surface area contributed by atoms with Crippen LogP contribution >= 0.6 is 0 Å². The van der Waals surface area contributed by atoms with Crippen molar-refractivity contribution in [2.45, 2.75) is 19.1 Å². The zero-order chi connectivity index (χ0) is 18.4. The molecule has 0 radical (unpaired) electrons. The summed E-state index contributed by atoms with van der Waals surface area (Å²) in [7, 11) is 0. The first-order valence-electron chi connectivity index (χ1n) is 7.23. The quantitative estimate of drug-likeness (QED) is 0.811. The van der Waals surface area contributed by atoms with Gasteiger partial charge in [-0.3, -0.25) is 9.59 Å². The molecule has 0 aliphatic rings. The maximum Gasteiger partial charge on any atom is 0.471 e. The zero-order valence-corrected chi connectivity index (χ0v) is 12.9. The Kier molecular flexibility index (Phi) is 5.74. The van der Waals surface area contributed by atoms with Gasteiger partial charge in [0.2, 0.25) is 5.91 Å². The van der Waals surface area contributed by atoms with E-state index in [1.54, 1.807) is 17.4 Å². The van der Waals surface area contributed by atoms with Gasteiger partial charge in [-0.25, -0.2) is 4.39 Å². The van der Waals surface area contributed by atoms with E-state index >= 15 is 0 Å². The van der Waals surface area contributed by atoms with Crippen molar-refractivity contribution in [3.63, 3.8) is 0 Å². The lowest BCUT2D eigenvalue weighted by Gasteiger charge is -2.10. The molecule has 0 saturated carbocycles. The molecule has 2 N–H and O–H groups in total. The van der Waals surface area contributed by atoms with E-state index in [1.807, 2.05) is 0 Å². The van der Waals surface area contributed by atoms with Crippen molar-refractivity contribution in [3.8, 4) is 0 Å². The summed E-state index contributed by atoms with van der Waals surface area (Å²) >= 11 is 0. The van der Waals surface area contributed by atoms with Crippen LogP contribution in [0.1, 0.15) is 11.1 Å². The second-order valence-electron chi connectivity index (χ2n) is 5.20. The highest BCUT2D eigenvalue weighted by molar-refractivity contribution is 5.94. The number of benzene rings is 2. The van der Waals surface area contributed by atoms with Crippen molar-refractivity contribution < 1.29 is 27.2 Å². The monoisotopic (exact) mass is 354 g/mol. The van der Waals surface area contributed by atoms with E-state index < -0.39 is 23.8 Å². The topological polar surface area (TPSA) is 58.2 Å². The first-order chi connectivity index (χ1) is 11.8. The average molecular weight is 354 g/mol. The molecular formula is C17H14F4N2O2. The third-order valence-electron chi connectivity index (χ3n) is 3.24. The van der Waals surface area contributed by atoms with Gasteiger partial charge < -0.3 is 10.6 Å². The van der Waals surface area contributed by atoms with Crippen LogP contribution in [0.3, 0.4) is 0 Å². The van der Waals surface area contributed by atoms with Crippen LogP contribution in [-0.4, -0.2) is 18.0 Å². The summed E-state index contributed by atoms with van der Waals surface area (Å²) in [5, 5.41) is 4.28. The summed E-state index contributed by atoms with van der Waals surface area (Å²) in [4.78, 5) is 22.7. The minimum Gasteiger partial charge on any atom is -0.352 e. The number of anilines is 1. The van der Waals surface area contributed by atoms with Gasteiger partial charge in [0.05, 0.1) is 6.42 Å². The molecule has 0 atom stereocenters. The first-order valence-corrected chi connectivity index (χ1v) is 7.23. The third kappa shape index (κ3) is 5.59. The Morgan fingerprint density at radius 1 is 1.00 bits per heavy atom. The van der Waals surface area contributed by atoms with E-state index in [0.717, 1.165) is 0 Å². The molecule has 0 aromatic heterocycles. The first kappa shape index (κ1) is 18.4. The Hall–Kier alpha value is -2.90. The molecular weight excluding hydrogens is 340 g/mol. The van der Waals surface area contributed by atoms with Crippen LogP contribution in [-0.2, 0) is 22.6 Å². The van der Waals surface area contributed by atoms with Gasteiger partial charge in [-0.15, -0.1) is 0 Å². The molecule has 0 unspecified atom stereocenters. The second kappa shape index (κ2) is 7.78. The number of halogens is 4. The fourth-order valence-corrected chi connectivity index (χ4v) is 2.04. The van der Waals surface area contributed by atoms with Gasteiger partial charge in [0.25, 0.3) is 0 Å². The molecule has 2 aromatic rings.